The molecule has 2 rings (SSSR count). The van der Waals surface area contributed by atoms with Gasteiger partial charge < -0.3 is 20.8 Å². The largest absolute Gasteiger partial charge is 0.390 e. The van der Waals surface area contributed by atoms with Crippen LogP contribution in [-0.4, -0.2) is 45.3 Å². The van der Waals surface area contributed by atoms with Gasteiger partial charge in [0.2, 0.25) is 0 Å². The lowest BCUT2D eigenvalue weighted by molar-refractivity contribution is 0.0420. The molecule has 21 heavy (non-hydrogen) atoms. The number of aliphatic hydroxyl groups is 2. The molecule has 0 amide bonds. The lowest BCUT2D eigenvalue weighted by Crippen LogP contribution is -2.31. The molecule has 0 radical (unpaired) electrons. The number of nitrogens with two attached hydrogens (primary N) is 1. The maximum Gasteiger partial charge on any atom is 0.103 e. The van der Waals surface area contributed by atoms with Crippen molar-refractivity contribution in [2.45, 2.75) is 37.9 Å². The van der Waals surface area contributed by atoms with Crippen LogP contribution in [0.3, 0.4) is 0 Å². The Morgan fingerprint density at radius 2 is 2.00 bits per heavy atom. The maximum absolute atomic E-state index is 10.4. The van der Waals surface area contributed by atoms with Crippen molar-refractivity contribution in [2.24, 2.45) is 5.73 Å². The summed E-state index contributed by atoms with van der Waals surface area (Å²) < 4.78 is 0. The van der Waals surface area contributed by atoms with E-state index >= 15 is 0 Å². The minimum atomic E-state index is -0.571. The molecule has 1 aliphatic rings. The average Bonchev–Trinajstić information content (AvgIpc) is 2.60. The zero-order valence-electron chi connectivity index (χ0n) is 12.5. The van der Waals surface area contributed by atoms with E-state index in [9.17, 15) is 10.2 Å². The van der Waals surface area contributed by atoms with Crippen molar-refractivity contribution in [3.8, 4) is 0 Å². The standard InChI is InChI=1S/C16H24N2O2S/c1-16(20)7-2-9-18(10-8-16)11-14(19)12-3-5-13(6-4-12)15(17)21/h3-6,14,19-20H,2,7-11H2,1H3,(H2,17,21). The molecule has 4 N–H and O–H groups in total. The Labute approximate surface area is 131 Å². The van der Waals surface area contributed by atoms with Gasteiger partial charge >= 0.3 is 0 Å². The number of hydrogen-bond donors (Lipinski definition) is 3. The van der Waals surface area contributed by atoms with E-state index in [1.54, 1.807) is 0 Å². The number of β-amino-alcohol motifs (C(OH)–C–C–N with tert-alkyl or cyclic N) is 1. The van der Waals surface area contributed by atoms with Crippen LogP contribution in [0.5, 0.6) is 0 Å². The van der Waals surface area contributed by atoms with Gasteiger partial charge in [0.05, 0.1) is 11.7 Å². The fourth-order valence-electron chi connectivity index (χ4n) is 2.72. The summed E-state index contributed by atoms with van der Waals surface area (Å²) in [6, 6.07) is 7.42. The van der Waals surface area contributed by atoms with Crippen LogP contribution in [0.4, 0.5) is 0 Å². The zero-order chi connectivity index (χ0) is 15.5. The number of benzene rings is 1. The van der Waals surface area contributed by atoms with E-state index in [1.807, 2.05) is 31.2 Å². The van der Waals surface area contributed by atoms with E-state index in [-0.39, 0.29) is 0 Å². The highest BCUT2D eigenvalue weighted by atomic mass is 32.1. The van der Waals surface area contributed by atoms with Gasteiger partial charge in [-0.15, -0.1) is 0 Å². The summed E-state index contributed by atoms with van der Waals surface area (Å²) in [4.78, 5) is 2.58. The first kappa shape index (κ1) is 16.4. The summed E-state index contributed by atoms with van der Waals surface area (Å²) in [5, 5.41) is 20.4. The van der Waals surface area contributed by atoms with Crippen LogP contribution in [0.15, 0.2) is 24.3 Å². The Kier molecular flexibility index (Phi) is 5.32. The van der Waals surface area contributed by atoms with E-state index in [0.29, 0.717) is 11.5 Å². The first-order chi connectivity index (χ1) is 9.87. The van der Waals surface area contributed by atoms with Gasteiger partial charge in [-0.05, 0) is 38.3 Å². The van der Waals surface area contributed by atoms with Crippen molar-refractivity contribution in [2.75, 3.05) is 19.6 Å². The normalized spacial score (nSPS) is 25.3. The van der Waals surface area contributed by atoms with Gasteiger partial charge in [0.1, 0.15) is 4.99 Å². The molecular formula is C16H24N2O2S. The van der Waals surface area contributed by atoms with Crippen LogP contribution in [-0.2, 0) is 0 Å². The highest BCUT2D eigenvalue weighted by Gasteiger charge is 2.25. The summed E-state index contributed by atoms with van der Waals surface area (Å²) in [5.41, 5.74) is 6.68. The Bertz CT molecular complexity index is 488. The summed E-state index contributed by atoms with van der Waals surface area (Å²) in [6.07, 6.45) is 2.00. The first-order valence-electron chi connectivity index (χ1n) is 7.40. The summed E-state index contributed by atoms with van der Waals surface area (Å²) in [7, 11) is 0. The lowest BCUT2D eigenvalue weighted by atomic mass is 9.98. The highest BCUT2D eigenvalue weighted by molar-refractivity contribution is 7.80. The predicted octanol–water partition coefficient (Wildman–Crippen LogP) is 1.59. The van der Waals surface area contributed by atoms with Crippen LogP contribution in [0.2, 0.25) is 0 Å². The molecule has 1 heterocycles. The van der Waals surface area contributed by atoms with Crippen LogP contribution < -0.4 is 5.73 Å². The SMILES string of the molecule is CC1(O)CCCN(CC(O)c2ccc(C(N)=S)cc2)CC1. The van der Waals surface area contributed by atoms with Crippen molar-refractivity contribution in [1.29, 1.82) is 0 Å². The molecule has 4 nitrogen and oxygen atoms in total. The van der Waals surface area contributed by atoms with Crippen LogP contribution in [0.25, 0.3) is 0 Å². The molecule has 1 fully saturated rings. The van der Waals surface area contributed by atoms with Gasteiger partial charge in [-0.2, -0.15) is 0 Å². The lowest BCUT2D eigenvalue weighted by Gasteiger charge is -2.24. The van der Waals surface area contributed by atoms with E-state index in [1.165, 1.54) is 0 Å². The topological polar surface area (TPSA) is 69.7 Å². The second kappa shape index (κ2) is 6.83. The summed E-state index contributed by atoms with van der Waals surface area (Å²) in [5.74, 6) is 0. The van der Waals surface area contributed by atoms with Gasteiger partial charge in [-0.3, -0.25) is 0 Å². The van der Waals surface area contributed by atoms with Gasteiger partial charge in [-0.25, -0.2) is 0 Å². The number of nitrogens with zero attached hydrogens (tertiary/aromatic N) is 1. The van der Waals surface area contributed by atoms with E-state index in [2.05, 4.69) is 4.90 Å². The molecule has 1 saturated heterocycles. The molecule has 2 atom stereocenters. The Morgan fingerprint density at radius 1 is 1.33 bits per heavy atom. The Morgan fingerprint density at radius 3 is 2.62 bits per heavy atom. The Hall–Kier alpha value is -1.01. The Balaban J connectivity index is 1.94. The maximum atomic E-state index is 10.4. The molecule has 116 valence electrons. The van der Waals surface area contributed by atoms with E-state index < -0.39 is 11.7 Å². The minimum absolute atomic E-state index is 0.366. The van der Waals surface area contributed by atoms with Crippen LogP contribution in [0, 0.1) is 0 Å². The van der Waals surface area contributed by atoms with Crippen molar-refractivity contribution < 1.29 is 10.2 Å². The number of thiocarbonyl (C=S) groups is 1. The molecule has 1 aliphatic heterocycles. The molecule has 0 saturated carbocycles. The summed E-state index contributed by atoms with van der Waals surface area (Å²) in [6.45, 7) is 4.21. The molecule has 2 unspecified atom stereocenters. The van der Waals surface area contributed by atoms with Gasteiger partial charge in [0.25, 0.3) is 0 Å². The third kappa shape index (κ3) is 4.74. The van der Waals surface area contributed by atoms with Crippen molar-refractivity contribution in [3.63, 3.8) is 0 Å². The van der Waals surface area contributed by atoms with Gasteiger partial charge in [0, 0.05) is 18.7 Å². The molecule has 0 aliphatic carbocycles. The minimum Gasteiger partial charge on any atom is -0.390 e. The molecule has 0 aromatic heterocycles. The molecule has 1 aromatic rings. The van der Waals surface area contributed by atoms with Crippen molar-refractivity contribution in [3.05, 3.63) is 35.4 Å². The zero-order valence-corrected chi connectivity index (χ0v) is 13.3. The monoisotopic (exact) mass is 308 g/mol. The third-order valence-corrected chi connectivity index (χ3v) is 4.40. The second-order valence-electron chi connectivity index (χ2n) is 6.15. The van der Waals surface area contributed by atoms with Crippen LogP contribution >= 0.6 is 12.2 Å². The van der Waals surface area contributed by atoms with Crippen molar-refractivity contribution >= 4 is 17.2 Å². The summed E-state index contributed by atoms with van der Waals surface area (Å²) >= 11 is 4.92. The smallest absolute Gasteiger partial charge is 0.103 e. The highest BCUT2D eigenvalue weighted by Crippen LogP contribution is 2.23. The molecule has 1 aromatic carbocycles. The number of hydrogen-bond acceptors (Lipinski definition) is 4. The van der Waals surface area contributed by atoms with E-state index in [4.69, 9.17) is 18.0 Å². The fourth-order valence-corrected chi connectivity index (χ4v) is 2.86. The second-order valence-corrected chi connectivity index (χ2v) is 6.59. The molecular weight excluding hydrogens is 284 g/mol. The van der Waals surface area contributed by atoms with Gasteiger partial charge in [-0.1, -0.05) is 36.5 Å². The predicted molar refractivity (Wildman–Crippen MR) is 88.2 cm³/mol. The quantitative estimate of drug-likeness (QED) is 0.737. The molecule has 5 heteroatoms. The number of aliphatic hydroxyl groups excluding tert-OH is 1. The molecule has 0 bridgehead atoms. The number of likely N-dealkylation sites (tertiary alicyclic amines) is 1. The van der Waals surface area contributed by atoms with Crippen LogP contribution in [0.1, 0.15) is 43.4 Å². The first-order valence-corrected chi connectivity index (χ1v) is 7.81. The number of rotatable bonds is 4. The van der Waals surface area contributed by atoms with Crippen molar-refractivity contribution in [1.82, 2.24) is 4.90 Å². The third-order valence-electron chi connectivity index (χ3n) is 4.17. The fraction of sp³-hybridized carbons (Fsp3) is 0.562. The van der Waals surface area contributed by atoms with E-state index in [0.717, 1.165) is 43.5 Å². The average molecular weight is 308 g/mol. The molecule has 0 spiro atoms. The van der Waals surface area contributed by atoms with Gasteiger partial charge in [0.15, 0.2) is 0 Å².